The molecule has 0 atom stereocenters. The van der Waals surface area contributed by atoms with Crippen LogP contribution in [0.1, 0.15) is 0 Å². The standard InChI is InChI=1S/C40H24N4S3/c1-3-12-25(13-4-1)35-36(26-14-5-2-6-15-26)38(30-18-11-19-32(42-30)40-44-29-17-8-10-21-34(29)46-40)47-37(35)27-22-23-31(41-24-27)39-43-28-16-7-9-20-33(28)45-39/h1-24H. The van der Waals surface area contributed by atoms with E-state index < -0.39 is 0 Å². The molecule has 0 amide bonds. The number of thiophene rings is 1. The van der Waals surface area contributed by atoms with Crippen molar-refractivity contribution in [2.75, 3.05) is 0 Å². The fourth-order valence-electron chi connectivity index (χ4n) is 5.87. The smallest absolute Gasteiger partial charge is 0.143 e. The Morgan fingerprint density at radius 1 is 0.362 bits per heavy atom. The molecule has 4 nitrogen and oxygen atoms in total. The molecule has 5 heterocycles. The molecule has 0 saturated heterocycles. The zero-order valence-corrected chi connectivity index (χ0v) is 27.3. The normalized spacial score (nSPS) is 11.4. The lowest BCUT2D eigenvalue weighted by molar-refractivity contribution is 1.31. The van der Waals surface area contributed by atoms with Gasteiger partial charge in [0, 0.05) is 27.8 Å². The van der Waals surface area contributed by atoms with Gasteiger partial charge in [0.15, 0.2) is 0 Å². The quantitative estimate of drug-likeness (QED) is 0.179. The first-order valence-corrected chi connectivity index (χ1v) is 17.7. The number of para-hydroxylation sites is 2. The van der Waals surface area contributed by atoms with E-state index in [0.29, 0.717) is 0 Å². The van der Waals surface area contributed by atoms with Crippen molar-refractivity contribution in [3.63, 3.8) is 0 Å². The topological polar surface area (TPSA) is 51.6 Å². The summed E-state index contributed by atoms with van der Waals surface area (Å²) in [6.45, 7) is 0. The molecule has 0 aliphatic carbocycles. The molecule has 47 heavy (non-hydrogen) atoms. The number of aromatic nitrogens is 4. The number of hydrogen-bond acceptors (Lipinski definition) is 7. The van der Waals surface area contributed by atoms with Crippen molar-refractivity contribution in [2.24, 2.45) is 0 Å². The number of hydrogen-bond donors (Lipinski definition) is 0. The summed E-state index contributed by atoms with van der Waals surface area (Å²) in [5, 5.41) is 1.85. The average molecular weight is 657 g/mol. The molecule has 0 fully saturated rings. The third-order valence-electron chi connectivity index (χ3n) is 8.07. The summed E-state index contributed by atoms with van der Waals surface area (Å²) in [5.74, 6) is 0. The predicted octanol–water partition coefficient (Wildman–Crippen LogP) is 11.8. The maximum absolute atomic E-state index is 5.25. The summed E-state index contributed by atoms with van der Waals surface area (Å²) in [4.78, 5) is 22.2. The summed E-state index contributed by atoms with van der Waals surface area (Å²) in [7, 11) is 0. The highest BCUT2D eigenvalue weighted by Gasteiger charge is 2.24. The van der Waals surface area contributed by atoms with Gasteiger partial charge in [-0.05, 0) is 59.7 Å². The van der Waals surface area contributed by atoms with E-state index in [-0.39, 0.29) is 0 Å². The molecule has 9 rings (SSSR count). The molecule has 0 spiro atoms. The van der Waals surface area contributed by atoms with Gasteiger partial charge in [0.25, 0.3) is 0 Å². The highest BCUT2D eigenvalue weighted by atomic mass is 32.1. The van der Waals surface area contributed by atoms with Crippen LogP contribution in [-0.2, 0) is 0 Å². The lowest BCUT2D eigenvalue weighted by Crippen LogP contribution is -1.89. The summed E-state index contributed by atoms with van der Waals surface area (Å²) in [5.41, 5.74) is 10.4. The lowest BCUT2D eigenvalue weighted by Gasteiger charge is -2.11. The van der Waals surface area contributed by atoms with Gasteiger partial charge in [0.1, 0.15) is 10.0 Å². The number of rotatable bonds is 6. The zero-order chi connectivity index (χ0) is 31.2. The lowest BCUT2D eigenvalue weighted by atomic mass is 9.92. The minimum atomic E-state index is 0.876. The number of benzene rings is 4. The Morgan fingerprint density at radius 2 is 0.915 bits per heavy atom. The maximum Gasteiger partial charge on any atom is 0.143 e. The van der Waals surface area contributed by atoms with Crippen molar-refractivity contribution in [1.29, 1.82) is 0 Å². The Balaban J connectivity index is 1.23. The van der Waals surface area contributed by atoms with Crippen molar-refractivity contribution in [2.45, 2.75) is 0 Å². The molecule has 222 valence electrons. The first-order chi connectivity index (χ1) is 23.3. The van der Waals surface area contributed by atoms with E-state index in [2.05, 4.69) is 115 Å². The Morgan fingerprint density at radius 3 is 1.51 bits per heavy atom. The molecule has 0 unspecified atom stereocenters. The van der Waals surface area contributed by atoms with Gasteiger partial charge in [-0.2, -0.15) is 0 Å². The fraction of sp³-hybridized carbons (Fsp3) is 0. The second kappa shape index (κ2) is 11.8. The van der Waals surface area contributed by atoms with Crippen molar-refractivity contribution < 1.29 is 0 Å². The van der Waals surface area contributed by atoms with E-state index in [1.54, 1.807) is 34.0 Å². The van der Waals surface area contributed by atoms with Crippen LogP contribution in [0, 0.1) is 0 Å². The Kier molecular flexibility index (Phi) is 7.00. The van der Waals surface area contributed by atoms with Crippen LogP contribution in [0.15, 0.2) is 146 Å². The minimum Gasteiger partial charge on any atom is -0.253 e. The SMILES string of the molecule is c1ccc(-c2c(-c3ccc(-c4nc5ccccc5s4)nc3)sc(-c3cccc(-c4nc5ccccc5s4)n3)c2-c2ccccc2)cc1. The summed E-state index contributed by atoms with van der Waals surface area (Å²) < 4.78 is 2.32. The summed E-state index contributed by atoms with van der Waals surface area (Å²) in [6, 6.07) is 48.3. The molecule has 5 aromatic heterocycles. The van der Waals surface area contributed by atoms with Crippen LogP contribution in [0.3, 0.4) is 0 Å². The largest absolute Gasteiger partial charge is 0.253 e. The molecular formula is C40H24N4S3. The Hall–Kier alpha value is -5.34. The van der Waals surface area contributed by atoms with Gasteiger partial charge in [-0.15, -0.1) is 34.0 Å². The Labute approximate surface area is 283 Å². The van der Waals surface area contributed by atoms with Gasteiger partial charge < -0.3 is 0 Å². The van der Waals surface area contributed by atoms with Crippen LogP contribution in [0.2, 0.25) is 0 Å². The molecule has 4 aromatic carbocycles. The number of fused-ring (bicyclic) bond motifs is 2. The van der Waals surface area contributed by atoms with Crippen LogP contribution in [0.5, 0.6) is 0 Å². The van der Waals surface area contributed by atoms with Crippen LogP contribution in [0.4, 0.5) is 0 Å². The van der Waals surface area contributed by atoms with Gasteiger partial charge in [0.05, 0.1) is 42.4 Å². The van der Waals surface area contributed by atoms with Crippen LogP contribution >= 0.6 is 34.0 Å². The summed E-state index contributed by atoms with van der Waals surface area (Å²) >= 11 is 5.11. The van der Waals surface area contributed by atoms with Gasteiger partial charge in [-0.1, -0.05) is 91.0 Å². The van der Waals surface area contributed by atoms with E-state index in [1.165, 1.54) is 11.1 Å². The highest BCUT2D eigenvalue weighted by Crippen LogP contribution is 2.52. The first-order valence-electron chi connectivity index (χ1n) is 15.2. The molecule has 0 aliphatic heterocycles. The van der Waals surface area contributed by atoms with Crippen LogP contribution < -0.4 is 0 Å². The molecule has 0 saturated carbocycles. The van der Waals surface area contributed by atoms with E-state index in [1.807, 2.05) is 30.5 Å². The molecule has 0 radical (unpaired) electrons. The van der Waals surface area contributed by atoms with Gasteiger partial charge >= 0.3 is 0 Å². The van der Waals surface area contributed by atoms with Gasteiger partial charge in [-0.3, -0.25) is 4.98 Å². The number of nitrogens with zero attached hydrogens (tertiary/aromatic N) is 4. The van der Waals surface area contributed by atoms with Crippen molar-refractivity contribution in [1.82, 2.24) is 19.9 Å². The van der Waals surface area contributed by atoms with E-state index in [0.717, 1.165) is 74.0 Å². The molecule has 0 bridgehead atoms. The van der Waals surface area contributed by atoms with Crippen LogP contribution in [0.25, 0.3) is 85.1 Å². The number of pyridine rings is 2. The molecular weight excluding hydrogens is 633 g/mol. The van der Waals surface area contributed by atoms with Crippen molar-refractivity contribution in [3.8, 4) is 64.7 Å². The zero-order valence-electron chi connectivity index (χ0n) is 24.9. The van der Waals surface area contributed by atoms with Crippen LogP contribution in [-0.4, -0.2) is 19.9 Å². The first kappa shape index (κ1) is 27.9. The van der Waals surface area contributed by atoms with Gasteiger partial charge in [0.2, 0.25) is 0 Å². The molecule has 7 heteroatoms. The number of thiazole rings is 2. The Bertz CT molecular complexity index is 2450. The van der Waals surface area contributed by atoms with E-state index in [9.17, 15) is 0 Å². The van der Waals surface area contributed by atoms with Crippen molar-refractivity contribution in [3.05, 3.63) is 146 Å². The third kappa shape index (κ3) is 5.15. The average Bonchev–Trinajstić information content (AvgIpc) is 3.88. The van der Waals surface area contributed by atoms with E-state index in [4.69, 9.17) is 19.9 Å². The summed E-state index contributed by atoms with van der Waals surface area (Å²) in [6.07, 6.45) is 1.99. The third-order valence-corrected chi connectivity index (χ3v) is 11.4. The monoisotopic (exact) mass is 656 g/mol. The van der Waals surface area contributed by atoms with Crippen molar-refractivity contribution >= 4 is 54.4 Å². The molecule has 0 N–H and O–H groups in total. The second-order valence-electron chi connectivity index (χ2n) is 11.1. The highest BCUT2D eigenvalue weighted by molar-refractivity contribution is 7.22. The maximum atomic E-state index is 5.25. The predicted molar refractivity (Wildman–Crippen MR) is 199 cm³/mol. The minimum absolute atomic E-state index is 0.876. The van der Waals surface area contributed by atoms with E-state index >= 15 is 0 Å². The fourth-order valence-corrected chi connectivity index (χ4v) is 9.06. The second-order valence-corrected chi connectivity index (χ2v) is 14.1. The molecule has 0 aliphatic rings. The molecule has 9 aromatic rings. The van der Waals surface area contributed by atoms with Gasteiger partial charge in [-0.25, -0.2) is 15.0 Å².